The predicted octanol–water partition coefficient (Wildman–Crippen LogP) is 7.47. The van der Waals surface area contributed by atoms with Gasteiger partial charge in [-0.2, -0.15) is 0 Å². The van der Waals surface area contributed by atoms with E-state index in [2.05, 4.69) is 48.5 Å². The lowest BCUT2D eigenvalue weighted by Gasteiger charge is -2.22. The summed E-state index contributed by atoms with van der Waals surface area (Å²) in [5, 5.41) is 9.27. The van der Waals surface area contributed by atoms with E-state index in [0.717, 1.165) is 43.6 Å². The van der Waals surface area contributed by atoms with Gasteiger partial charge < -0.3 is 20.9 Å². The van der Waals surface area contributed by atoms with Crippen LogP contribution >= 0.6 is 23.2 Å². The van der Waals surface area contributed by atoms with Gasteiger partial charge in [0, 0.05) is 42.2 Å². The Hall–Kier alpha value is -2.19. The molecule has 2 heterocycles. The van der Waals surface area contributed by atoms with Gasteiger partial charge in [-0.3, -0.25) is 9.59 Å². The molecule has 4 rings (SSSR count). The smallest absolute Gasteiger partial charge is 0.211 e. The molecule has 0 aliphatic carbocycles. The van der Waals surface area contributed by atoms with Crippen molar-refractivity contribution < 1.29 is 14.0 Å². The van der Waals surface area contributed by atoms with Crippen molar-refractivity contribution >= 4 is 41.7 Å². The number of benzene rings is 2. The summed E-state index contributed by atoms with van der Waals surface area (Å²) in [5.41, 5.74) is 2.85. The Morgan fingerprint density at radius 2 is 1.63 bits per heavy atom. The number of hydrogen-bond acceptors (Lipinski definition) is 4. The van der Waals surface area contributed by atoms with Gasteiger partial charge in [0.25, 0.3) is 0 Å². The van der Waals surface area contributed by atoms with E-state index < -0.39 is 5.82 Å². The van der Waals surface area contributed by atoms with Crippen LogP contribution in [0.3, 0.4) is 0 Å². The molecule has 2 saturated heterocycles. The number of carbonyl (C=O) groups is 2. The summed E-state index contributed by atoms with van der Waals surface area (Å²) in [4.78, 5) is 23.2. The van der Waals surface area contributed by atoms with Gasteiger partial charge in [0.15, 0.2) is 0 Å². The average molecular weight is 612 g/mol. The second-order valence-electron chi connectivity index (χ2n) is 11.5. The van der Waals surface area contributed by atoms with Crippen LogP contribution in [0.15, 0.2) is 36.4 Å². The van der Waals surface area contributed by atoms with Crippen LogP contribution < -0.4 is 16.0 Å². The van der Waals surface area contributed by atoms with Gasteiger partial charge in [-0.1, -0.05) is 76.9 Å². The molecule has 0 radical (unpaired) electrons. The van der Waals surface area contributed by atoms with Crippen LogP contribution in [0.4, 0.5) is 10.1 Å². The molecule has 2 aliphatic heterocycles. The van der Waals surface area contributed by atoms with Crippen LogP contribution in [-0.2, 0) is 9.59 Å². The van der Waals surface area contributed by atoms with Crippen molar-refractivity contribution in [2.24, 2.45) is 5.41 Å². The fourth-order valence-electron chi connectivity index (χ4n) is 4.62. The zero-order chi connectivity index (χ0) is 30.8. The summed E-state index contributed by atoms with van der Waals surface area (Å²) >= 11 is 11.9. The Kier molecular flexibility index (Phi) is 17.8. The van der Waals surface area contributed by atoms with Crippen molar-refractivity contribution in [3.05, 3.63) is 63.4 Å². The van der Waals surface area contributed by atoms with E-state index in [-0.39, 0.29) is 16.9 Å². The second-order valence-corrected chi connectivity index (χ2v) is 12.4. The van der Waals surface area contributed by atoms with E-state index in [9.17, 15) is 14.0 Å². The SMILES string of the molecule is CC.CC(C)(C)C.O=CNCCCN1CCCC1.O=CNc1cc(Cl)c(F)cc1C1CNCC1c1cccc(Cl)c1. The van der Waals surface area contributed by atoms with E-state index >= 15 is 0 Å². The van der Waals surface area contributed by atoms with Crippen LogP contribution in [0, 0.1) is 11.2 Å². The van der Waals surface area contributed by atoms with Crippen molar-refractivity contribution in [1.82, 2.24) is 15.5 Å². The molecular formula is C32H49Cl2FN4O2. The second kappa shape index (κ2) is 19.8. The molecule has 6 nitrogen and oxygen atoms in total. The monoisotopic (exact) mass is 610 g/mol. The Morgan fingerprint density at radius 1 is 1.00 bits per heavy atom. The van der Waals surface area contributed by atoms with E-state index in [4.69, 9.17) is 23.2 Å². The summed E-state index contributed by atoms with van der Waals surface area (Å²) in [6, 6.07) is 10.5. The van der Waals surface area contributed by atoms with Gasteiger partial charge in [-0.15, -0.1) is 0 Å². The van der Waals surface area contributed by atoms with Gasteiger partial charge >= 0.3 is 0 Å². The Bertz CT molecular complexity index is 1040. The molecule has 2 fully saturated rings. The summed E-state index contributed by atoms with van der Waals surface area (Å²) < 4.78 is 14.0. The molecule has 3 N–H and O–H groups in total. The molecule has 2 aliphatic rings. The van der Waals surface area contributed by atoms with Gasteiger partial charge in [0.1, 0.15) is 5.82 Å². The highest BCUT2D eigenvalue weighted by molar-refractivity contribution is 6.31. The van der Waals surface area contributed by atoms with Crippen LogP contribution in [0.25, 0.3) is 0 Å². The number of amides is 2. The van der Waals surface area contributed by atoms with Crippen molar-refractivity contribution in [3.63, 3.8) is 0 Å². The molecule has 2 aromatic carbocycles. The zero-order valence-electron chi connectivity index (χ0n) is 25.5. The van der Waals surface area contributed by atoms with Crippen LogP contribution in [0.2, 0.25) is 10.0 Å². The van der Waals surface area contributed by atoms with Crippen molar-refractivity contribution in [3.8, 4) is 0 Å². The highest BCUT2D eigenvalue weighted by Gasteiger charge is 2.32. The number of nitrogens with zero attached hydrogens (tertiary/aromatic N) is 1. The number of likely N-dealkylation sites (tertiary alicyclic amines) is 1. The van der Waals surface area contributed by atoms with E-state index in [0.29, 0.717) is 29.1 Å². The Morgan fingerprint density at radius 3 is 2.22 bits per heavy atom. The summed E-state index contributed by atoms with van der Waals surface area (Å²) in [6.07, 6.45) is 5.12. The number of nitrogens with one attached hydrogen (secondary N) is 3. The minimum absolute atomic E-state index is 0.0108. The maximum Gasteiger partial charge on any atom is 0.211 e. The molecular weight excluding hydrogens is 562 g/mol. The van der Waals surface area contributed by atoms with Crippen molar-refractivity contribution in [2.75, 3.05) is 44.6 Å². The number of anilines is 1. The van der Waals surface area contributed by atoms with Gasteiger partial charge in [0.2, 0.25) is 12.8 Å². The molecule has 9 heteroatoms. The van der Waals surface area contributed by atoms with Gasteiger partial charge in [0.05, 0.1) is 5.02 Å². The lowest BCUT2D eigenvalue weighted by molar-refractivity contribution is -0.109. The van der Waals surface area contributed by atoms with Gasteiger partial charge in [-0.05, 0) is 79.7 Å². The molecule has 0 spiro atoms. The lowest BCUT2D eigenvalue weighted by Crippen LogP contribution is -2.24. The molecule has 0 aromatic heterocycles. The van der Waals surface area contributed by atoms with Crippen LogP contribution in [0.5, 0.6) is 0 Å². The normalized spacial score (nSPS) is 18.1. The first-order valence-electron chi connectivity index (χ1n) is 14.6. The maximum atomic E-state index is 14.0. The highest BCUT2D eigenvalue weighted by Crippen LogP contribution is 2.41. The quantitative estimate of drug-likeness (QED) is 0.203. The van der Waals surface area contributed by atoms with Gasteiger partial charge in [-0.25, -0.2) is 4.39 Å². The average Bonchev–Trinajstić information content (AvgIpc) is 3.62. The number of hydrogen-bond donors (Lipinski definition) is 3. The summed E-state index contributed by atoms with van der Waals surface area (Å²) in [7, 11) is 0. The Balaban J connectivity index is 0.000000388. The standard InChI is InChI=1S/C17H15Cl2FN2O.C8H16N2O.C5H12.C2H6/c18-11-3-1-2-10(4-11)13-7-21-8-14(13)12-5-16(20)15(19)6-17(12)22-9-23;11-8-9-4-3-7-10-5-1-2-6-10;1-5(2,3)4;1-2/h1-6,9,13-14,21H,7-8H2,(H,22,23);8H,1-7H2,(H,9,11);1-4H3;1-2H3. The highest BCUT2D eigenvalue weighted by atomic mass is 35.5. The fraction of sp³-hybridized carbons (Fsp3) is 0.562. The molecule has 2 unspecified atom stereocenters. The van der Waals surface area contributed by atoms with E-state index in [1.54, 1.807) is 0 Å². The summed E-state index contributed by atoms with van der Waals surface area (Å²) in [6.45, 7) is 18.7. The first kappa shape index (κ1) is 36.8. The largest absolute Gasteiger partial charge is 0.359 e. The molecule has 2 amide bonds. The van der Waals surface area contributed by atoms with Crippen LogP contribution in [0.1, 0.15) is 83.8 Å². The first-order chi connectivity index (χ1) is 19.5. The third kappa shape index (κ3) is 14.5. The minimum atomic E-state index is -0.491. The maximum absolute atomic E-state index is 14.0. The number of halogens is 3. The molecule has 2 aromatic rings. The molecule has 41 heavy (non-hydrogen) atoms. The predicted molar refractivity (Wildman–Crippen MR) is 172 cm³/mol. The number of carbonyl (C=O) groups excluding carboxylic acids is 2. The topological polar surface area (TPSA) is 73.5 Å². The molecule has 2 atom stereocenters. The van der Waals surface area contributed by atoms with Crippen molar-refractivity contribution in [2.45, 2.75) is 72.6 Å². The van der Waals surface area contributed by atoms with Crippen LogP contribution in [-0.4, -0.2) is 57.0 Å². The molecule has 230 valence electrons. The minimum Gasteiger partial charge on any atom is -0.359 e. The zero-order valence-corrected chi connectivity index (χ0v) is 27.0. The third-order valence-corrected chi connectivity index (χ3v) is 6.80. The lowest BCUT2D eigenvalue weighted by atomic mass is 9.83. The van der Waals surface area contributed by atoms with E-state index in [1.807, 2.05) is 38.1 Å². The Labute approximate surface area is 256 Å². The third-order valence-electron chi connectivity index (χ3n) is 6.27. The first-order valence-corrected chi connectivity index (χ1v) is 15.3. The molecule has 0 saturated carbocycles. The molecule has 0 bridgehead atoms. The number of rotatable bonds is 9. The van der Waals surface area contributed by atoms with Crippen molar-refractivity contribution in [1.29, 1.82) is 0 Å². The fourth-order valence-corrected chi connectivity index (χ4v) is 4.98. The van der Waals surface area contributed by atoms with E-state index in [1.165, 1.54) is 38.1 Å². The summed E-state index contributed by atoms with van der Waals surface area (Å²) in [5.74, 6) is -0.334.